The lowest BCUT2D eigenvalue weighted by Crippen LogP contribution is -2.11. The molecule has 0 radical (unpaired) electrons. The van der Waals surface area contributed by atoms with Crippen LogP contribution in [-0.2, 0) is 0 Å². The maximum absolute atomic E-state index is 8.86. The lowest BCUT2D eigenvalue weighted by molar-refractivity contribution is 0.252. The molecule has 2 nitrogen and oxygen atoms in total. The SMILES string of the molecule is CCC(C#N)Oc1ccc2cc(Br)ccc2c1. The van der Waals surface area contributed by atoms with Gasteiger partial charge in [-0.05, 0) is 41.5 Å². The van der Waals surface area contributed by atoms with Crippen molar-refractivity contribution < 1.29 is 4.74 Å². The van der Waals surface area contributed by atoms with E-state index in [-0.39, 0.29) is 6.10 Å². The van der Waals surface area contributed by atoms with Crippen LogP contribution in [0.2, 0.25) is 0 Å². The zero-order valence-electron chi connectivity index (χ0n) is 9.48. The molecule has 2 rings (SSSR count). The number of nitriles is 1. The first kappa shape index (κ1) is 11.9. The van der Waals surface area contributed by atoms with Gasteiger partial charge in [-0.25, -0.2) is 0 Å². The molecule has 0 aliphatic heterocycles. The van der Waals surface area contributed by atoms with Gasteiger partial charge in [0.15, 0.2) is 6.10 Å². The van der Waals surface area contributed by atoms with Crippen molar-refractivity contribution in [3.05, 3.63) is 40.9 Å². The molecule has 0 spiro atoms. The molecule has 17 heavy (non-hydrogen) atoms. The fourth-order valence-electron chi connectivity index (χ4n) is 1.63. The Bertz CT molecular complexity index is 574. The van der Waals surface area contributed by atoms with Gasteiger partial charge in [0.1, 0.15) is 11.8 Å². The third-order valence-corrected chi connectivity index (χ3v) is 3.06. The van der Waals surface area contributed by atoms with Crippen molar-refractivity contribution in [2.24, 2.45) is 0 Å². The van der Waals surface area contributed by atoms with E-state index in [0.29, 0.717) is 6.42 Å². The number of benzene rings is 2. The molecule has 0 amide bonds. The predicted molar refractivity (Wildman–Crippen MR) is 72.0 cm³/mol. The first-order valence-corrected chi connectivity index (χ1v) is 6.28. The van der Waals surface area contributed by atoms with Crippen molar-refractivity contribution in [1.29, 1.82) is 5.26 Å². The Hall–Kier alpha value is -1.53. The monoisotopic (exact) mass is 289 g/mol. The molecule has 1 atom stereocenters. The molecular weight excluding hydrogens is 278 g/mol. The Morgan fingerprint density at radius 3 is 2.65 bits per heavy atom. The van der Waals surface area contributed by atoms with Gasteiger partial charge in [0.05, 0.1) is 0 Å². The first-order valence-electron chi connectivity index (χ1n) is 5.48. The molecule has 0 heterocycles. The lowest BCUT2D eigenvalue weighted by Gasteiger charge is -2.10. The molecule has 0 N–H and O–H groups in total. The summed E-state index contributed by atoms with van der Waals surface area (Å²) in [5, 5.41) is 11.1. The minimum Gasteiger partial charge on any atom is -0.476 e. The second kappa shape index (κ2) is 5.20. The number of hydrogen-bond acceptors (Lipinski definition) is 2. The van der Waals surface area contributed by atoms with Crippen LogP contribution in [0.15, 0.2) is 40.9 Å². The molecule has 0 bridgehead atoms. The Morgan fingerprint density at radius 1 is 1.24 bits per heavy atom. The minimum absolute atomic E-state index is 0.372. The second-order valence-corrected chi connectivity index (χ2v) is 4.71. The Balaban J connectivity index is 2.32. The third kappa shape index (κ3) is 2.78. The van der Waals surface area contributed by atoms with Crippen molar-refractivity contribution in [2.75, 3.05) is 0 Å². The van der Waals surface area contributed by atoms with E-state index < -0.39 is 0 Å². The van der Waals surface area contributed by atoms with Gasteiger partial charge in [0.25, 0.3) is 0 Å². The van der Waals surface area contributed by atoms with Crippen LogP contribution in [0, 0.1) is 11.3 Å². The molecule has 0 fully saturated rings. The topological polar surface area (TPSA) is 33.0 Å². The van der Waals surface area contributed by atoms with E-state index in [1.54, 1.807) is 0 Å². The van der Waals surface area contributed by atoms with E-state index in [2.05, 4.69) is 28.1 Å². The van der Waals surface area contributed by atoms with Crippen LogP contribution < -0.4 is 4.74 Å². The Kier molecular flexibility index (Phi) is 3.65. The molecule has 86 valence electrons. The van der Waals surface area contributed by atoms with Crippen LogP contribution in [0.25, 0.3) is 10.8 Å². The maximum Gasteiger partial charge on any atom is 0.184 e. The Morgan fingerprint density at radius 2 is 1.94 bits per heavy atom. The lowest BCUT2D eigenvalue weighted by atomic mass is 10.1. The highest BCUT2D eigenvalue weighted by atomic mass is 79.9. The molecule has 3 heteroatoms. The molecule has 0 saturated heterocycles. The van der Waals surface area contributed by atoms with Crippen LogP contribution >= 0.6 is 15.9 Å². The molecular formula is C14H12BrNO. The normalized spacial score (nSPS) is 12.1. The second-order valence-electron chi connectivity index (χ2n) is 3.80. The van der Waals surface area contributed by atoms with Gasteiger partial charge in [-0.2, -0.15) is 5.26 Å². The van der Waals surface area contributed by atoms with Crippen molar-refractivity contribution in [3.63, 3.8) is 0 Å². The standard InChI is InChI=1S/C14H12BrNO/c1-2-13(9-16)17-14-6-4-10-7-12(15)5-3-11(10)8-14/h3-8,13H,2H2,1H3. The van der Waals surface area contributed by atoms with Crippen LogP contribution in [0.1, 0.15) is 13.3 Å². The predicted octanol–water partition coefficient (Wildman–Crippen LogP) is 4.28. The molecule has 0 aromatic heterocycles. The molecule has 0 aliphatic rings. The van der Waals surface area contributed by atoms with E-state index in [4.69, 9.17) is 10.00 Å². The van der Waals surface area contributed by atoms with E-state index in [1.165, 1.54) is 0 Å². The number of ether oxygens (including phenoxy) is 1. The van der Waals surface area contributed by atoms with Gasteiger partial charge in [-0.15, -0.1) is 0 Å². The van der Waals surface area contributed by atoms with Gasteiger partial charge in [0, 0.05) is 4.47 Å². The van der Waals surface area contributed by atoms with Crippen molar-refractivity contribution in [3.8, 4) is 11.8 Å². The highest BCUT2D eigenvalue weighted by molar-refractivity contribution is 9.10. The van der Waals surface area contributed by atoms with Crippen molar-refractivity contribution >= 4 is 26.7 Å². The average Bonchev–Trinajstić information content (AvgIpc) is 2.36. The van der Waals surface area contributed by atoms with Gasteiger partial charge in [-0.1, -0.05) is 35.0 Å². The molecule has 0 aliphatic carbocycles. The summed E-state index contributed by atoms with van der Waals surface area (Å²) in [4.78, 5) is 0. The van der Waals surface area contributed by atoms with Crippen LogP contribution in [0.4, 0.5) is 0 Å². The molecule has 1 unspecified atom stereocenters. The quantitative estimate of drug-likeness (QED) is 0.845. The van der Waals surface area contributed by atoms with E-state index in [9.17, 15) is 0 Å². The summed E-state index contributed by atoms with van der Waals surface area (Å²) in [7, 11) is 0. The van der Waals surface area contributed by atoms with Crippen molar-refractivity contribution in [2.45, 2.75) is 19.4 Å². The highest BCUT2D eigenvalue weighted by Crippen LogP contribution is 2.24. The van der Waals surface area contributed by atoms with E-state index in [1.807, 2.05) is 37.3 Å². The minimum atomic E-state index is -0.372. The fraction of sp³-hybridized carbons (Fsp3) is 0.214. The molecule has 2 aromatic carbocycles. The van der Waals surface area contributed by atoms with E-state index >= 15 is 0 Å². The molecule has 2 aromatic rings. The third-order valence-electron chi connectivity index (χ3n) is 2.57. The number of fused-ring (bicyclic) bond motifs is 1. The van der Waals surface area contributed by atoms with Crippen LogP contribution in [0.5, 0.6) is 5.75 Å². The summed E-state index contributed by atoms with van der Waals surface area (Å²) in [6, 6.07) is 14.1. The van der Waals surface area contributed by atoms with Gasteiger partial charge in [-0.3, -0.25) is 0 Å². The highest BCUT2D eigenvalue weighted by Gasteiger charge is 2.06. The largest absolute Gasteiger partial charge is 0.476 e. The summed E-state index contributed by atoms with van der Waals surface area (Å²) in [6.07, 6.45) is 0.317. The molecule has 0 saturated carbocycles. The van der Waals surface area contributed by atoms with Crippen LogP contribution in [-0.4, -0.2) is 6.10 Å². The number of rotatable bonds is 3. The maximum atomic E-state index is 8.86. The van der Waals surface area contributed by atoms with Gasteiger partial charge >= 0.3 is 0 Å². The average molecular weight is 290 g/mol. The first-order chi connectivity index (χ1) is 8.22. The fourth-order valence-corrected chi connectivity index (χ4v) is 2.01. The van der Waals surface area contributed by atoms with Crippen molar-refractivity contribution in [1.82, 2.24) is 0 Å². The summed E-state index contributed by atoms with van der Waals surface area (Å²) in [5.41, 5.74) is 0. The van der Waals surface area contributed by atoms with Gasteiger partial charge in [0.2, 0.25) is 0 Å². The number of nitrogens with zero attached hydrogens (tertiary/aromatic N) is 1. The summed E-state index contributed by atoms with van der Waals surface area (Å²) in [5.74, 6) is 0.744. The summed E-state index contributed by atoms with van der Waals surface area (Å²) in [6.45, 7) is 1.94. The van der Waals surface area contributed by atoms with Gasteiger partial charge < -0.3 is 4.74 Å². The van der Waals surface area contributed by atoms with Crippen LogP contribution in [0.3, 0.4) is 0 Å². The zero-order valence-corrected chi connectivity index (χ0v) is 11.1. The smallest absolute Gasteiger partial charge is 0.184 e. The zero-order chi connectivity index (χ0) is 12.3. The number of halogens is 1. The summed E-state index contributed by atoms with van der Waals surface area (Å²) < 4.78 is 6.64. The van der Waals surface area contributed by atoms with E-state index in [0.717, 1.165) is 21.0 Å². The number of hydrogen-bond donors (Lipinski definition) is 0. The summed E-state index contributed by atoms with van der Waals surface area (Å²) >= 11 is 3.44. The Labute approximate surface area is 109 Å².